The number of anilines is 3. The van der Waals surface area contributed by atoms with E-state index < -0.39 is 0 Å². The Balaban J connectivity index is 1.77. The fraction of sp³-hybridized carbons (Fsp3) is 0.421. The first-order valence-electron chi connectivity index (χ1n) is 8.77. The zero-order chi connectivity index (χ0) is 18.6. The molecule has 1 aliphatic heterocycles. The van der Waals surface area contributed by atoms with E-state index in [2.05, 4.69) is 25.5 Å². The quantitative estimate of drug-likeness (QED) is 0.878. The number of para-hydroxylation sites is 2. The maximum Gasteiger partial charge on any atom is 0.274 e. The van der Waals surface area contributed by atoms with Gasteiger partial charge in [-0.2, -0.15) is 0 Å². The largest absolute Gasteiger partial charge is 0.378 e. The fourth-order valence-corrected chi connectivity index (χ4v) is 2.73. The lowest BCUT2D eigenvalue weighted by Crippen LogP contribution is -2.36. The van der Waals surface area contributed by atoms with Crippen molar-refractivity contribution in [3.8, 4) is 0 Å². The van der Waals surface area contributed by atoms with Gasteiger partial charge < -0.3 is 20.3 Å². The Bertz CT molecular complexity index is 767. The van der Waals surface area contributed by atoms with Crippen molar-refractivity contribution in [1.82, 2.24) is 9.97 Å². The molecule has 1 aliphatic rings. The summed E-state index contributed by atoms with van der Waals surface area (Å²) >= 11 is 0. The number of carbonyl (C=O) groups is 1. The molecule has 0 bridgehead atoms. The maximum absolute atomic E-state index is 12.7. The number of nitrogens with zero attached hydrogens (tertiary/aromatic N) is 3. The number of hydrogen-bond acceptors (Lipinski definition) is 6. The lowest BCUT2D eigenvalue weighted by molar-refractivity contribution is 0.102. The van der Waals surface area contributed by atoms with Crippen LogP contribution in [-0.2, 0) is 4.74 Å². The Morgan fingerprint density at radius 1 is 1.15 bits per heavy atom. The summed E-state index contributed by atoms with van der Waals surface area (Å²) in [5.41, 5.74) is 1.90. The number of carbonyl (C=O) groups excluding carboxylic acids is 1. The Hall–Kier alpha value is -2.67. The van der Waals surface area contributed by atoms with E-state index in [0.29, 0.717) is 24.9 Å². The first-order valence-corrected chi connectivity index (χ1v) is 8.77. The van der Waals surface area contributed by atoms with Crippen LogP contribution in [0.1, 0.15) is 31.3 Å². The Labute approximate surface area is 153 Å². The van der Waals surface area contributed by atoms with Crippen LogP contribution >= 0.6 is 0 Å². The predicted molar refractivity (Wildman–Crippen MR) is 103 cm³/mol. The van der Waals surface area contributed by atoms with Crippen molar-refractivity contribution < 1.29 is 9.53 Å². The van der Waals surface area contributed by atoms with Crippen molar-refractivity contribution in [1.29, 1.82) is 0 Å². The molecule has 0 atom stereocenters. The summed E-state index contributed by atoms with van der Waals surface area (Å²) in [4.78, 5) is 23.4. The SMILES string of the molecule is CC(C)(C)Nc1nccc(C(=O)Nc2ccccc2N2CCOCC2)n1. The van der Waals surface area contributed by atoms with Gasteiger partial charge in [-0.25, -0.2) is 9.97 Å². The van der Waals surface area contributed by atoms with Gasteiger partial charge >= 0.3 is 0 Å². The molecule has 3 rings (SSSR count). The number of amides is 1. The molecule has 26 heavy (non-hydrogen) atoms. The molecule has 0 radical (unpaired) electrons. The maximum atomic E-state index is 12.7. The molecule has 1 fully saturated rings. The zero-order valence-corrected chi connectivity index (χ0v) is 15.5. The molecular weight excluding hydrogens is 330 g/mol. The molecule has 0 aliphatic carbocycles. The topological polar surface area (TPSA) is 79.4 Å². The number of rotatable bonds is 4. The van der Waals surface area contributed by atoms with Crippen molar-refractivity contribution >= 4 is 23.2 Å². The van der Waals surface area contributed by atoms with Crippen LogP contribution in [0.4, 0.5) is 17.3 Å². The van der Waals surface area contributed by atoms with Gasteiger partial charge in [0.2, 0.25) is 5.95 Å². The normalized spacial score (nSPS) is 14.8. The molecular formula is C19H25N5O2. The Kier molecular flexibility index (Phi) is 5.37. The number of benzene rings is 1. The highest BCUT2D eigenvalue weighted by molar-refractivity contribution is 6.04. The minimum absolute atomic E-state index is 0.183. The monoisotopic (exact) mass is 355 g/mol. The molecule has 138 valence electrons. The van der Waals surface area contributed by atoms with E-state index in [1.807, 2.05) is 45.0 Å². The molecule has 1 saturated heterocycles. The van der Waals surface area contributed by atoms with Crippen LogP contribution in [0.2, 0.25) is 0 Å². The molecule has 0 spiro atoms. The van der Waals surface area contributed by atoms with Crippen molar-refractivity contribution in [3.63, 3.8) is 0 Å². The number of nitrogens with one attached hydrogen (secondary N) is 2. The van der Waals surface area contributed by atoms with Gasteiger partial charge in [0.1, 0.15) is 5.69 Å². The molecule has 2 heterocycles. The summed E-state index contributed by atoms with van der Waals surface area (Å²) in [6.45, 7) is 9.04. The Morgan fingerprint density at radius 2 is 1.88 bits per heavy atom. The van der Waals surface area contributed by atoms with E-state index in [4.69, 9.17) is 4.74 Å². The Morgan fingerprint density at radius 3 is 2.62 bits per heavy atom. The first-order chi connectivity index (χ1) is 12.4. The minimum Gasteiger partial charge on any atom is -0.378 e. The van der Waals surface area contributed by atoms with Gasteiger partial charge in [0.15, 0.2) is 0 Å². The van der Waals surface area contributed by atoms with Gasteiger partial charge in [0.05, 0.1) is 24.6 Å². The average Bonchev–Trinajstić information content (AvgIpc) is 2.62. The highest BCUT2D eigenvalue weighted by atomic mass is 16.5. The van der Waals surface area contributed by atoms with Crippen LogP contribution < -0.4 is 15.5 Å². The molecule has 1 aromatic carbocycles. The summed E-state index contributed by atoms with van der Waals surface area (Å²) in [6, 6.07) is 9.40. The number of ether oxygens (including phenoxy) is 1. The van der Waals surface area contributed by atoms with E-state index in [1.165, 1.54) is 0 Å². The molecule has 2 N–H and O–H groups in total. The van der Waals surface area contributed by atoms with Crippen LogP contribution in [-0.4, -0.2) is 47.7 Å². The third kappa shape index (κ3) is 4.70. The first kappa shape index (κ1) is 18.1. The van der Waals surface area contributed by atoms with Crippen molar-refractivity contribution in [2.45, 2.75) is 26.3 Å². The summed E-state index contributed by atoms with van der Waals surface area (Å²) in [5.74, 6) is 0.177. The van der Waals surface area contributed by atoms with Gasteiger partial charge in [-0.3, -0.25) is 4.79 Å². The van der Waals surface area contributed by atoms with Gasteiger partial charge in [-0.1, -0.05) is 12.1 Å². The van der Waals surface area contributed by atoms with Gasteiger partial charge in [-0.05, 0) is 39.0 Å². The highest BCUT2D eigenvalue weighted by Crippen LogP contribution is 2.26. The summed E-state index contributed by atoms with van der Waals surface area (Å²) in [5, 5.41) is 6.15. The molecule has 1 amide bonds. The van der Waals surface area contributed by atoms with E-state index in [-0.39, 0.29) is 11.4 Å². The van der Waals surface area contributed by atoms with Gasteiger partial charge in [0, 0.05) is 24.8 Å². The predicted octanol–water partition coefficient (Wildman–Crippen LogP) is 2.78. The highest BCUT2D eigenvalue weighted by Gasteiger charge is 2.18. The third-order valence-corrected chi connectivity index (χ3v) is 3.88. The van der Waals surface area contributed by atoms with Crippen molar-refractivity contribution in [2.24, 2.45) is 0 Å². The lowest BCUT2D eigenvalue weighted by Gasteiger charge is -2.30. The molecule has 7 nitrogen and oxygen atoms in total. The second-order valence-electron chi connectivity index (χ2n) is 7.21. The third-order valence-electron chi connectivity index (χ3n) is 3.88. The van der Waals surface area contributed by atoms with Crippen LogP contribution in [0.25, 0.3) is 0 Å². The van der Waals surface area contributed by atoms with Gasteiger partial charge in [0.25, 0.3) is 5.91 Å². The van der Waals surface area contributed by atoms with Gasteiger partial charge in [-0.15, -0.1) is 0 Å². The molecule has 7 heteroatoms. The summed E-state index contributed by atoms with van der Waals surface area (Å²) < 4.78 is 5.41. The van der Waals surface area contributed by atoms with Crippen molar-refractivity contribution in [3.05, 3.63) is 42.2 Å². The van der Waals surface area contributed by atoms with E-state index in [1.54, 1.807) is 12.3 Å². The summed E-state index contributed by atoms with van der Waals surface area (Å²) in [7, 11) is 0. The minimum atomic E-state index is -0.259. The van der Waals surface area contributed by atoms with Crippen molar-refractivity contribution in [2.75, 3.05) is 41.8 Å². The second kappa shape index (κ2) is 7.70. The zero-order valence-electron chi connectivity index (χ0n) is 15.5. The lowest BCUT2D eigenvalue weighted by atomic mass is 10.1. The van der Waals surface area contributed by atoms with E-state index in [0.717, 1.165) is 24.5 Å². The molecule has 1 aromatic heterocycles. The number of morpholine rings is 1. The molecule has 2 aromatic rings. The average molecular weight is 355 g/mol. The second-order valence-corrected chi connectivity index (χ2v) is 7.21. The van der Waals surface area contributed by atoms with E-state index >= 15 is 0 Å². The number of aromatic nitrogens is 2. The van der Waals surface area contributed by atoms with Crippen LogP contribution in [0.15, 0.2) is 36.5 Å². The smallest absolute Gasteiger partial charge is 0.274 e. The van der Waals surface area contributed by atoms with Crippen LogP contribution in [0, 0.1) is 0 Å². The number of hydrogen-bond donors (Lipinski definition) is 2. The molecule has 0 saturated carbocycles. The fourth-order valence-electron chi connectivity index (χ4n) is 2.73. The standard InChI is InChI=1S/C19H25N5O2/c1-19(2,3)23-18-20-9-8-15(22-18)17(25)21-14-6-4-5-7-16(14)24-10-12-26-13-11-24/h4-9H,10-13H2,1-3H3,(H,21,25)(H,20,22,23). The van der Waals surface area contributed by atoms with Crippen LogP contribution in [0.3, 0.4) is 0 Å². The summed E-state index contributed by atoms with van der Waals surface area (Å²) in [6.07, 6.45) is 1.59. The molecule has 0 unspecified atom stereocenters. The van der Waals surface area contributed by atoms with Crippen LogP contribution in [0.5, 0.6) is 0 Å². The van der Waals surface area contributed by atoms with E-state index in [9.17, 15) is 4.79 Å².